The van der Waals surface area contributed by atoms with Gasteiger partial charge in [-0.2, -0.15) is 0 Å². The van der Waals surface area contributed by atoms with Crippen molar-refractivity contribution < 1.29 is 22.7 Å². The predicted molar refractivity (Wildman–Crippen MR) is 64.9 cm³/mol. The third kappa shape index (κ3) is 3.44. The standard InChI is InChI=1S/C11H15NO5S/c1-3-6-17-11(13)9-7-8(18(12,14)15)4-5-10(9)16-2/h4-5,7H,3,6H2,1-2H3,(H2,12,14,15). The van der Waals surface area contributed by atoms with Gasteiger partial charge in [0.2, 0.25) is 10.0 Å². The zero-order valence-corrected chi connectivity index (χ0v) is 11.0. The van der Waals surface area contributed by atoms with Crippen LogP contribution in [0.15, 0.2) is 23.1 Å². The number of esters is 1. The fraction of sp³-hybridized carbons (Fsp3) is 0.364. The molecule has 6 nitrogen and oxygen atoms in total. The van der Waals surface area contributed by atoms with Gasteiger partial charge in [-0.05, 0) is 24.6 Å². The molecule has 0 aliphatic heterocycles. The fourth-order valence-corrected chi connectivity index (χ4v) is 1.84. The molecule has 18 heavy (non-hydrogen) atoms. The molecule has 7 heteroatoms. The van der Waals surface area contributed by atoms with E-state index >= 15 is 0 Å². The van der Waals surface area contributed by atoms with Crippen molar-refractivity contribution >= 4 is 16.0 Å². The molecule has 0 bridgehead atoms. The number of carbonyl (C=O) groups is 1. The van der Waals surface area contributed by atoms with Crippen molar-refractivity contribution in [2.24, 2.45) is 5.14 Å². The second-order valence-electron chi connectivity index (χ2n) is 3.54. The monoisotopic (exact) mass is 273 g/mol. The van der Waals surface area contributed by atoms with E-state index in [0.717, 1.165) is 6.07 Å². The zero-order chi connectivity index (χ0) is 13.8. The molecule has 100 valence electrons. The summed E-state index contributed by atoms with van der Waals surface area (Å²) in [6.07, 6.45) is 0.670. The third-order valence-electron chi connectivity index (χ3n) is 2.16. The van der Waals surface area contributed by atoms with Gasteiger partial charge < -0.3 is 9.47 Å². The maximum atomic E-state index is 11.7. The first-order chi connectivity index (χ1) is 8.40. The zero-order valence-electron chi connectivity index (χ0n) is 10.2. The van der Waals surface area contributed by atoms with Crippen LogP contribution in [0.4, 0.5) is 0 Å². The van der Waals surface area contributed by atoms with E-state index in [4.69, 9.17) is 14.6 Å². The average molecular weight is 273 g/mol. The van der Waals surface area contributed by atoms with E-state index in [9.17, 15) is 13.2 Å². The predicted octanol–water partition coefficient (Wildman–Crippen LogP) is 0.909. The van der Waals surface area contributed by atoms with Crippen molar-refractivity contribution in [2.45, 2.75) is 18.2 Å². The summed E-state index contributed by atoms with van der Waals surface area (Å²) in [6.45, 7) is 2.10. The van der Waals surface area contributed by atoms with Crippen molar-refractivity contribution in [2.75, 3.05) is 13.7 Å². The molecule has 0 spiro atoms. The van der Waals surface area contributed by atoms with Gasteiger partial charge >= 0.3 is 5.97 Å². The van der Waals surface area contributed by atoms with E-state index in [1.54, 1.807) is 0 Å². The molecule has 0 unspecified atom stereocenters. The van der Waals surface area contributed by atoms with Crippen molar-refractivity contribution in [1.82, 2.24) is 0 Å². The van der Waals surface area contributed by atoms with Crippen LogP contribution in [0.25, 0.3) is 0 Å². The first-order valence-electron chi connectivity index (χ1n) is 5.28. The summed E-state index contributed by atoms with van der Waals surface area (Å²) in [5.74, 6) is -0.400. The van der Waals surface area contributed by atoms with Gasteiger partial charge in [0.1, 0.15) is 11.3 Å². The number of sulfonamides is 1. The second kappa shape index (κ2) is 5.83. The minimum Gasteiger partial charge on any atom is -0.496 e. The Balaban J connectivity index is 3.18. The molecule has 0 aromatic heterocycles. The molecule has 0 aliphatic rings. The highest BCUT2D eigenvalue weighted by molar-refractivity contribution is 7.89. The van der Waals surface area contributed by atoms with Crippen molar-refractivity contribution in [1.29, 1.82) is 0 Å². The van der Waals surface area contributed by atoms with Gasteiger partial charge in [0.05, 0.1) is 18.6 Å². The lowest BCUT2D eigenvalue weighted by Crippen LogP contribution is -2.14. The highest BCUT2D eigenvalue weighted by Crippen LogP contribution is 2.22. The Hall–Kier alpha value is -1.60. The van der Waals surface area contributed by atoms with Gasteiger partial charge in [0.15, 0.2) is 0 Å². The number of ether oxygens (including phenoxy) is 2. The fourth-order valence-electron chi connectivity index (χ4n) is 1.30. The van der Waals surface area contributed by atoms with Gasteiger partial charge in [-0.15, -0.1) is 0 Å². The normalized spacial score (nSPS) is 11.1. The number of hydrogen-bond donors (Lipinski definition) is 1. The minimum atomic E-state index is -3.87. The van der Waals surface area contributed by atoms with E-state index in [-0.39, 0.29) is 22.8 Å². The first-order valence-corrected chi connectivity index (χ1v) is 6.82. The Kier molecular flexibility index (Phi) is 4.69. The molecule has 0 heterocycles. The third-order valence-corrected chi connectivity index (χ3v) is 3.07. The van der Waals surface area contributed by atoms with Gasteiger partial charge in [-0.3, -0.25) is 0 Å². The van der Waals surface area contributed by atoms with Crippen LogP contribution in [0.2, 0.25) is 0 Å². The second-order valence-corrected chi connectivity index (χ2v) is 5.10. The highest BCUT2D eigenvalue weighted by atomic mass is 32.2. The molecule has 1 aromatic rings. The quantitative estimate of drug-likeness (QED) is 0.804. The summed E-state index contributed by atoms with van der Waals surface area (Å²) < 4.78 is 32.3. The molecule has 1 rings (SSSR count). The van der Waals surface area contributed by atoms with Crippen LogP contribution in [0.3, 0.4) is 0 Å². The van der Waals surface area contributed by atoms with Crippen molar-refractivity contribution in [3.05, 3.63) is 23.8 Å². The van der Waals surface area contributed by atoms with E-state index in [0.29, 0.717) is 6.42 Å². The maximum absolute atomic E-state index is 11.7. The number of methoxy groups -OCH3 is 1. The molecule has 2 N–H and O–H groups in total. The molecule has 0 saturated carbocycles. The van der Waals surface area contributed by atoms with Crippen LogP contribution < -0.4 is 9.88 Å². The largest absolute Gasteiger partial charge is 0.496 e. The lowest BCUT2D eigenvalue weighted by atomic mass is 10.2. The molecule has 0 atom stereocenters. The first kappa shape index (κ1) is 14.5. The lowest BCUT2D eigenvalue weighted by Gasteiger charge is -2.09. The molecule has 0 amide bonds. The van der Waals surface area contributed by atoms with E-state index in [1.165, 1.54) is 19.2 Å². The van der Waals surface area contributed by atoms with Crippen LogP contribution in [-0.2, 0) is 14.8 Å². The van der Waals surface area contributed by atoms with Crippen LogP contribution >= 0.6 is 0 Å². The van der Waals surface area contributed by atoms with Crippen LogP contribution in [0, 0.1) is 0 Å². The molecular formula is C11H15NO5S. The average Bonchev–Trinajstić information content (AvgIpc) is 2.34. The Labute approximate surface area is 106 Å². The molecule has 1 aromatic carbocycles. The van der Waals surface area contributed by atoms with Gasteiger partial charge in [-0.1, -0.05) is 6.92 Å². The smallest absolute Gasteiger partial charge is 0.341 e. The maximum Gasteiger partial charge on any atom is 0.341 e. The molecule has 0 aliphatic carbocycles. The number of benzene rings is 1. The van der Waals surface area contributed by atoms with E-state index in [1.807, 2.05) is 6.92 Å². The summed E-state index contributed by atoms with van der Waals surface area (Å²) in [6, 6.07) is 3.78. The number of carbonyl (C=O) groups excluding carboxylic acids is 1. The lowest BCUT2D eigenvalue weighted by molar-refractivity contribution is 0.0501. The summed E-state index contributed by atoms with van der Waals surface area (Å²) >= 11 is 0. The summed E-state index contributed by atoms with van der Waals surface area (Å²) in [4.78, 5) is 11.6. The number of rotatable bonds is 5. The van der Waals surface area contributed by atoms with Crippen LogP contribution in [-0.4, -0.2) is 28.1 Å². The van der Waals surface area contributed by atoms with E-state index in [2.05, 4.69) is 0 Å². The Bertz CT molecular complexity index is 538. The molecule has 0 fully saturated rings. The van der Waals surface area contributed by atoms with Crippen molar-refractivity contribution in [3.63, 3.8) is 0 Å². The minimum absolute atomic E-state index is 0.0393. The SMILES string of the molecule is CCCOC(=O)c1cc(S(N)(=O)=O)ccc1OC. The highest BCUT2D eigenvalue weighted by Gasteiger charge is 2.18. The Morgan fingerprint density at radius 2 is 2.06 bits per heavy atom. The number of primary sulfonamides is 1. The van der Waals surface area contributed by atoms with Crippen molar-refractivity contribution in [3.8, 4) is 5.75 Å². The summed E-state index contributed by atoms with van der Waals surface area (Å²) in [7, 11) is -2.49. The molecule has 0 radical (unpaired) electrons. The van der Waals surface area contributed by atoms with Crippen LogP contribution in [0.1, 0.15) is 23.7 Å². The summed E-state index contributed by atoms with van der Waals surface area (Å²) in [5.41, 5.74) is 0.0393. The number of nitrogens with two attached hydrogens (primary N) is 1. The number of hydrogen-bond acceptors (Lipinski definition) is 5. The Morgan fingerprint density at radius 1 is 1.39 bits per heavy atom. The molecule has 0 saturated heterocycles. The van der Waals surface area contributed by atoms with Gasteiger partial charge in [0, 0.05) is 0 Å². The van der Waals surface area contributed by atoms with Crippen LogP contribution in [0.5, 0.6) is 5.75 Å². The van der Waals surface area contributed by atoms with Gasteiger partial charge in [0.25, 0.3) is 0 Å². The van der Waals surface area contributed by atoms with Gasteiger partial charge in [-0.25, -0.2) is 18.4 Å². The Morgan fingerprint density at radius 3 is 2.56 bits per heavy atom. The van der Waals surface area contributed by atoms with E-state index < -0.39 is 16.0 Å². The topological polar surface area (TPSA) is 95.7 Å². The summed E-state index contributed by atoms with van der Waals surface area (Å²) in [5, 5.41) is 5.00. The molecular weight excluding hydrogens is 258 g/mol.